The Hall–Kier alpha value is -2.43. The predicted octanol–water partition coefficient (Wildman–Crippen LogP) is 3.02. The second-order valence-electron chi connectivity index (χ2n) is 4.63. The van der Waals surface area contributed by atoms with Crippen LogP contribution in [0.1, 0.15) is 17.2 Å². The lowest BCUT2D eigenvalue weighted by Gasteiger charge is -2.07. The number of aromatic amines is 1. The van der Waals surface area contributed by atoms with E-state index < -0.39 is 0 Å². The lowest BCUT2D eigenvalue weighted by atomic mass is 10.2. The van der Waals surface area contributed by atoms with Crippen molar-refractivity contribution in [1.82, 2.24) is 19.9 Å². The van der Waals surface area contributed by atoms with Crippen LogP contribution in [0.25, 0.3) is 11.2 Å². The summed E-state index contributed by atoms with van der Waals surface area (Å²) in [5.41, 5.74) is 3.74. The standard InChI is InChI=1S/C14H15N5/c1-8-5-4-6-11(7-8)19-14-12-13(16-9(2)15-12)17-10(3)18-14/h4-7H,1-3H3,(H2,15,16,17,18,19). The van der Waals surface area contributed by atoms with Gasteiger partial charge in [0.1, 0.15) is 17.2 Å². The van der Waals surface area contributed by atoms with Gasteiger partial charge in [0.05, 0.1) is 0 Å². The Morgan fingerprint density at radius 2 is 1.89 bits per heavy atom. The molecule has 1 aromatic carbocycles. The van der Waals surface area contributed by atoms with Crippen molar-refractivity contribution in [2.24, 2.45) is 0 Å². The van der Waals surface area contributed by atoms with E-state index in [1.54, 1.807) is 0 Å². The molecule has 3 aromatic rings. The molecule has 0 fully saturated rings. The molecule has 3 rings (SSSR count). The summed E-state index contributed by atoms with van der Waals surface area (Å²) >= 11 is 0. The maximum absolute atomic E-state index is 4.45. The predicted molar refractivity (Wildman–Crippen MR) is 75.6 cm³/mol. The van der Waals surface area contributed by atoms with Crippen LogP contribution < -0.4 is 5.32 Å². The molecular formula is C14H15N5. The van der Waals surface area contributed by atoms with Gasteiger partial charge in [-0.15, -0.1) is 0 Å². The zero-order chi connectivity index (χ0) is 13.4. The molecule has 0 unspecified atom stereocenters. The first-order valence-corrected chi connectivity index (χ1v) is 6.16. The summed E-state index contributed by atoms with van der Waals surface area (Å²) in [5.74, 6) is 2.30. The highest BCUT2D eigenvalue weighted by Gasteiger charge is 2.09. The Morgan fingerprint density at radius 1 is 1.05 bits per heavy atom. The summed E-state index contributed by atoms with van der Waals surface area (Å²) in [6, 6.07) is 8.17. The molecule has 5 nitrogen and oxygen atoms in total. The first-order valence-electron chi connectivity index (χ1n) is 6.16. The number of aromatic nitrogens is 4. The van der Waals surface area contributed by atoms with Crippen molar-refractivity contribution >= 4 is 22.7 Å². The Labute approximate surface area is 111 Å². The number of nitrogens with one attached hydrogen (secondary N) is 2. The topological polar surface area (TPSA) is 66.5 Å². The van der Waals surface area contributed by atoms with E-state index in [9.17, 15) is 0 Å². The van der Waals surface area contributed by atoms with Gasteiger partial charge >= 0.3 is 0 Å². The van der Waals surface area contributed by atoms with Gasteiger partial charge in [0.15, 0.2) is 11.5 Å². The molecule has 2 N–H and O–H groups in total. The number of hydrogen-bond acceptors (Lipinski definition) is 4. The first kappa shape index (κ1) is 11.6. The molecule has 96 valence electrons. The highest BCUT2D eigenvalue weighted by molar-refractivity contribution is 5.85. The highest BCUT2D eigenvalue weighted by atomic mass is 15.1. The zero-order valence-corrected chi connectivity index (χ0v) is 11.2. The van der Waals surface area contributed by atoms with Crippen LogP contribution in [0.4, 0.5) is 11.5 Å². The normalized spacial score (nSPS) is 10.9. The largest absolute Gasteiger partial charge is 0.338 e. The maximum atomic E-state index is 4.45. The number of anilines is 2. The van der Waals surface area contributed by atoms with E-state index >= 15 is 0 Å². The number of H-pyrrole nitrogens is 1. The van der Waals surface area contributed by atoms with Crippen LogP contribution in [0.3, 0.4) is 0 Å². The number of imidazole rings is 1. The molecule has 0 radical (unpaired) electrons. The SMILES string of the molecule is Cc1cccc(Nc2nc(C)nc3nc(C)[nH]c23)c1. The summed E-state index contributed by atoms with van der Waals surface area (Å²) in [6.45, 7) is 5.84. The molecule has 0 aliphatic carbocycles. The second kappa shape index (κ2) is 4.35. The fourth-order valence-electron chi connectivity index (χ4n) is 2.07. The van der Waals surface area contributed by atoms with Gasteiger partial charge in [-0.1, -0.05) is 12.1 Å². The average Bonchev–Trinajstić information content (AvgIpc) is 2.69. The van der Waals surface area contributed by atoms with E-state index in [4.69, 9.17) is 0 Å². The third kappa shape index (κ3) is 2.27. The number of nitrogens with zero attached hydrogens (tertiary/aromatic N) is 3. The van der Waals surface area contributed by atoms with Gasteiger partial charge in [-0.2, -0.15) is 0 Å². The Kier molecular flexibility index (Phi) is 2.67. The summed E-state index contributed by atoms with van der Waals surface area (Å²) in [7, 11) is 0. The zero-order valence-electron chi connectivity index (χ0n) is 11.2. The molecule has 0 spiro atoms. The van der Waals surface area contributed by atoms with Crippen LogP contribution >= 0.6 is 0 Å². The Balaban J connectivity index is 2.09. The maximum Gasteiger partial charge on any atom is 0.183 e. The van der Waals surface area contributed by atoms with Gasteiger partial charge in [0.2, 0.25) is 0 Å². The summed E-state index contributed by atoms with van der Waals surface area (Å²) in [6.07, 6.45) is 0. The van der Waals surface area contributed by atoms with Crippen molar-refractivity contribution in [1.29, 1.82) is 0 Å². The minimum atomic E-state index is 0.695. The molecule has 19 heavy (non-hydrogen) atoms. The van der Waals surface area contributed by atoms with Gasteiger partial charge in [0.25, 0.3) is 0 Å². The van der Waals surface area contributed by atoms with E-state index in [0.717, 1.165) is 22.8 Å². The lowest BCUT2D eigenvalue weighted by Crippen LogP contribution is -1.98. The molecule has 2 heterocycles. The van der Waals surface area contributed by atoms with Crippen LogP contribution in [0.5, 0.6) is 0 Å². The van der Waals surface area contributed by atoms with Crippen LogP contribution in [0.2, 0.25) is 0 Å². The molecule has 0 aliphatic rings. The monoisotopic (exact) mass is 253 g/mol. The van der Waals surface area contributed by atoms with E-state index in [2.05, 4.69) is 44.3 Å². The summed E-state index contributed by atoms with van der Waals surface area (Å²) < 4.78 is 0. The molecular weight excluding hydrogens is 238 g/mol. The molecule has 5 heteroatoms. The first-order chi connectivity index (χ1) is 9.11. The fourth-order valence-corrected chi connectivity index (χ4v) is 2.07. The van der Waals surface area contributed by atoms with Crippen molar-refractivity contribution < 1.29 is 0 Å². The van der Waals surface area contributed by atoms with Crippen molar-refractivity contribution in [3.63, 3.8) is 0 Å². The molecule has 0 atom stereocenters. The number of hydrogen-bond donors (Lipinski definition) is 2. The van der Waals surface area contributed by atoms with Crippen LogP contribution in [-0.4, -0.2) is 19.9 Å². The van der Waals surface area contributed by atoms with Crippen LogP contribution in [-0.2, 0) is 0 Å². The van der Waals surface area contributed by atoms with Gasteiger partial charge in [-0.05, 0) is 38.5 Å². The average molecular weight is 253 g/mol. The molecule has 0 saturated carbocycles. The third-order valence-corrected chi connectivity index (χ3v) is 2.86. The quantitative estimate of drug-likeness (QED) is 0.736. The van der Waals surface area contributed by atoms with E-state index in [0.29, 0.717) is 11.5 Å². The lowest BCUT2D eigenvalue weighted by molar-refractivity contribution is 1.08. The van der Waals surface area contributed by atoms with Gasteiger partial charge in [-0.3, -0.25) is 0 Å². The number of aryl methyl sites for hydroxylation is 3. The Morgan fingerprint density at radius 3 is 2.68 bits per heavy atom. The highest BCUT2D eigenvalue weighted by Crippen LogP contribution is 2.22. The van der Waals surface area contributed by atoms with Gasteiger partial charge < -0.3 is 10.3 Å². The summed E-state index contributed by atoms with van der Waals surface area (Å²) in [5, 5.41) is 3.32. The molecule has 0 saturated heterocycles. The molecule has 0 bridgehead atoms. The number of rotatable bonds is 2. The Bertz CT molecular complexity index is 745. The van der Waals surface area contributed by atoms with Crippen molar-refractivity contribution in [3.8, 4) is 0 Å². The van der Waals surface area contributed by atoms with Crippen LogP contribution in [0, 0.1) is 20.8 Å². The van der Waals surface area contributed by atoms with Gasteiger partial charge in [0, 0.05) is 5.69 Å². The van der Waals surface area contributed by atoms with E-state index in [-0.39, 0.29) is 0 Å². The minimum Gasteiger partial charge on any atom is -0.338 e. The third-order valence-electron chi connectivity index (χ3n) is 2.86. The number of benzene rings is 1. The van der Waals surface area contributed by atoms with Crippen LogP contribution in [0.15, 0.2) is 24.3 Å². The molecule has 0 amide bonds. The second-order valence-corrected chi connectivity index (χ2v) is 4.63. The fraction of sp³-hybridized carbons (Fsp3) is 0.214. The molecule has 0 aliphatic heterocycles. The van der Waals surface area contributed by atoms with Crippen molar-refractivity contribution in [2.45, 2.75) is 20.8 Å². The van der Waals surface area contributed by atoms with Crippen molar-refractivity contribution in [2.75, 3.05) is 5.32 Å². The molecule has 2 aromatic heterocycles. The van der Waals surface area contributed by atoms with Crippen molar-refractivity contribution in [3.05, 3.63) is 41.5 Å². The number of fused-ring (bicyclic) bond motifs is 1. The van der Waals surface area contributed by atoms with E-state index in [1.807, 2.05) is 26.0 Å². The van der Waals surface area contributed by atoms with Gasteiger partial charge in [-0.25, -0.2) is 15.0 Å². The smallest absolute Gasteiger partial charge is 0.183 e. The minimum absolute atomic E-state index is 0.695. The summed E-state index contributed by atoms with van der Waals surface area (Å²) in [4.78, 5) is 16.3. The van der Waals surface area contributed by atoms with E-state index in [1.165, 1.54) is 5.56 Å².